The minimum Gasteiger partial charge on any atom is -0.542 e. The van der Waals surface area contributed by atoms with Gasteiger partial charge in [0.1, 0.15) is 23.2 Å². The number of carboxylic acids is 1. The minimum absolute atomic E-state index is 0.0212. The summed E-state index contributed by atoms with van der Waals surface area (Å²) >= 11 is 5.75. The van der Waals surface area contributed by atoms with Gasteiger partial charge in [-0.3, -0.25) is 9.59 Å². The molecule has 0 spiro atoms. The molecule has 1 heterocycles. The van der Waals surface area contributed by atoms with Crippen molar-refractivity contribution in [3.8, 4) is 5.69 Å². The summed E-state index contributed by atoms with van der Waals surface area (Å²) in [5, 5.41) is 16.3. The molecule has 182 valence electrons. The number of benzene rings is 2. The molecule has 14 heteroatoms. The van der Waals surface area contributed by atoms with E-state index < -0.39 is 23.9 Å². The first-order valence-electron chi connectivity index (χ1n) is 9.40. The number of hydrogen-bond donors (Lipinski definition) is 3. The van der Waals surface area contributed by atoms with E-state index in [-0.39, 0.29) is 23.3 Å². The summed E-state index contributed by atoms with van der Waals surface area (Å²) < 4.78 is 46.7. The molecule has 2 amide bonds. The van der Waals surface area contributed by atoms with Gasteiger partial charge in [0.05, 0.1) is 17.8 Å². The molecule has 0 aliphatic carbocycles. The number of amides is 2. The molecule has 3 aromatic rings. The second kappa shape index (κ2) is 10.9. The highest BCUT2D eigenvalue weighted by Crippen LogP contribution is 2.22. The molecular formula is C20H18ClF4N5O4. The van der Waals surface area contributed by atoms with Crippen LogP contribution in [0.3, 0.4) is 0 Å². The van der Waals surface area contributed by atoms with Crippen LogP contribution in [0.5, 0.6) is 0 Å². The molecule has 0 radical (unpaired) electrons. The molecular weight excluding hydrogens is 486 g/mol. The van der Waals surface area contributed by atoms with Gasteiger partial charge in [0.15, 0.2) is 0 Å². The number of alkyl halides is 4. The lowest BCUT2D eigenvalue weighted by Crippen LogP contribution is -2.56. The van der Waals surface area contributed by atoms with Crippen molar-refractivity contribution in [1.29, 1.82) is 0 Å². The Balaban J connectivity index is 0.000000509. The standard InChI is InChI=1S/C18H17ClFN5O2.C2HF3O2/c19-7-11(8-21)18(27)23-13-1-3-14(4-2-13)25-9-10-5-12(20)6-15(17(22)26)16(10)24-25;3-2(4,5)1(6)7/h1-6,9,11H,7-8,21H2,(H2,22,26)(H,23,27);(H,6,7). The van der Waals surface area contributed by atoms with Crippen LogP contribution >= 0.6 is 11.6 Å². The summed E-state index contributed by atoms with van der Waals surface area (Å²) in [5.74, 6) is -4.67. The van der Waals surface area contributed by atoms with Crippen LogP contribution in [0.4, 0.5) is 23.2 Å². The molecule has 0 saturated heterocycles. The minimum atomic E-state index is -5.19. The van der Waals surface area contributed by atoms with Crippen LogP contribution in [0.2, 0.25) is 0 Å². The first kappa shape index (κ1) is 26.5. The zero-order valence-corrected chi connectivity index (χ0v) is 18.0. The summed E-state index contributed by atoms with van der Waals surface area (Å²) in [4.78, 5) is 32.3. The van der Waals surface area contributed by atoms with Gasteiger partial charge in [-0.05, 0) is 36.4 Å². The number of nitrogens with one attached hydrogen (secondary N) is 1. The Morgan fingerprint density at radius 3 is 2.26 bits per heavy atom. The third-order valence-corrected chi connectivity index (χ3v) is 4.75. The lowest BCUT2D eigenvalue weighted by Gasteiger charge is -2.11. The van der Waals surface area contributed by atoms with E-state index in [1.807, 2.05) is 0 Å². The van der Waals surface area contributed by atoms with Gasteiger partial charge in [-0.15, -0.1) is 11.6 Å². The van der Waals surface area contributed by atoms with Gasteiger partial charge in [-0.1, -0.05) is 0 Å². The van der Waals surface area contributed by atoms with E-state index in [9.17, 15) is 27.2 Å². The number of aromatic nitrogens is 2. The van der Waals surface area contributed by atoms with Crippen LogP contribution in [-0.4, -0.2) is 46.2 Å². The van der Waals surface area contributed by atoms with Crippen LogP contribution < -0.4 is 21.9 Å². The maximum absolute atomic E-state index is 13.7. The maximum atomic E-state index is 13.7. The number of anilines is 1. The second-order valence-corrected chi connectivity index (χ2v) is 7.10. The predicted octanol–water partition coefficient (Wildman–Crippen LogP) is 0.597. The lowest BCUT2D eigenvalue weighted by atomic mass is 10.1. The maximum Gasteiger partial charge on any atom is 0.430 e. The molecule has 1 atom stereocenters. The highest BCUT2D eigenvalue weighted by Gasteiger charge is 2.28. The SMILES string of the molecule is NC(=O)c1cc(F)cc2cn(-c3ccc(NC(=O)C(C[NH3+])CCl)cc3)nc12.O=C([O-])C(F)(F)F. The zero-order valence-electron chi connectivity index (χ0n) is 17.2. The zero-order chi connectivity index (χ0) is 25.6. The summed E-state index contributed by atoms with van der Waals surface area (Å²) in [7, 11) is 0. The van der Waals surface area contributed by atoms with E-state index in [2.05, 4.69) is 16.1 Å². The van der Waals surface area contributed by atoms with Crippen molar-refractivity contribution in [2.75, 3.05) is 17.7 Å². The average molecular weight is 504 g/mol. The number of carbonyl (C=O) groups is 3. The highest BCUT2D eigenvalue weighted by atomic mass is 35.5. The van der Waals surface area contributed by atoms with Gasteiger partial charge in [0.2, 0.25) is 5.91 Å². The predicted molar refractivity (Wildman–Crippen MR) is 111 cm³/mol. The number of primary amides is 1. The van der Waals surface area contributed by atoms with E-state index in [4.69, 9.17) is 27.2 Å². The molecule has 9 nitrogen and oxygen atoms in total. The fourth-order valence-electron chi connectivity index (χ4n) is 2.64. The monoisotopic (exact) mass is 503 g/mol. The number of quaternary nitrogens is 1. The van der Waals surface area contributed by atoms with Gasteiger partial charge in [0, 0.05) is 23.2 Å². The summed E-state index contributed by atoms with van der Waals surface area (Å²) in [6, 6.07) is 9.25. The van der Waals surface area contributed by atoms with Crippen molar-refractivity contribution >= 4 is 46.0 Å². The van der Waals surface area contributed by atoms with E-state index in [0.29, 0.717) is 28.8 Å². The van der Waals surface area contributed by atoms with E-state index in [1.54, 1.807) is 30.5 Å². The van der Waals surface area contributed by atoms with E-state index in [0.717, 1.165) is 6.07 Å². The molecule has 0 fully saturated rings. The van der Waals surface area contributed by atoms with Crippen molar-refractivity contribution in [1.82, 2.24) is 9.78 Å². The molecule has 3 rings (SSSR count). The number of rotatable bonds is 6. The smallest absolute Gasteiger partial charge is 0.430 e. The Morgan fingerprint density at radius 1 is 1.21 bits per heavy atom. The number of halogens is 5. The first-order valence-corrected chi connectivity index (χ1v) is 9.94. The highest BCUT2D eigenvalue weighted by molar-refractivity contribution is 6.19. The van der Waals surface area contributed by atoms with Crippen LogP contribution in [0.25, 0.3) is 16.6 Å². The third kappa shape index (κ3) is 6.65. The second-order valence-electron chi connectivity index (χ2n) is 6.79. The largest absolute Gasteiger partial charge is 0.542 e. The normalized spacial score (nSPS) is 11.9. The number of fused-ring (bicyclic) bond motifs is 1. The molecule has 1 aromatic heterocycles. The first-order chi connectivity index (χ1) is 15.9. The Hall–Kier alpha value is -3.71. The lowest BCUT2D eigenvalue weighted by molar-refractivity contribution is -0.374. The number of aliphatic carboxylic acids is 1. The fraction of sp³-hybridized carbons (Fsp3) is 0.200. The van der Waals surface area contributed by atoms with E-state index >= 15 is 0 Å². The van der Waals surface area contributed by atoms with Crippen LogP contribution in [-0.2, 0) is 9.59 Å². The number of nitrogens with zero attached hydrogens (tertiary/aromatic N) is 2. The number of nitrogens with two attached hydrogens (primary N) is 1. The van der Waals surface area contributed by atoms with Crippen molar-refractivity contribution in [3.05, 3.63) is 54.0 Å². The summed E-state index contributed by atoms with van der Waals surface area (Å²) in [5.41, 5.74) is 10.6. The van der Waals surface area contributed by atoms with Crippen LogP contribution in [0, 0.1) is 11.7 Å². The topological polar surface area (TPSA) is 158 Å². The average Bonchev–Trinajstić information content (AvgIpc) is 3.18. The molecule has 0 aliphatic heterocycles. The Labute approximate surface area is 194 Å². The van der Waals surface area contributed by atoms with Gasteiger partial charge >= 0.3 is 6.18 Å². The molecule has 1 unspecified atom stereocenters. The van der Waals surface area contributed by atoms with E-state index in [1.165, 1.54) is 10.7 Å². The van der Waals surface area contributed by atoms with Gasteiger partial charge in [-0.2, -0.15) is 18.3 Å². The van der Waals surface area contributed by atoms with Crippen molar-refractivity contribution in [3.63, 3.8) is 0 Å². The molecule has 0 saturated carbocycles. The Morgan fingerprint density at radius 2 is 1.79 bits per heavy atom. The molecule has 2 aromatic carbocycles. The number of carboxylic acid groups (broad SMARTS) is 1. The fourth-order valence-corrected chi connectivity index (χ4v) is 2.93. The van der Waals surface area contributed by atoms with Crippen LogP contribution in [0.1, 0.15) is 10.4 Å². The van der Waals surface area contributed by atoms with Crippen molar-refractivity contribution < 1.29 is 42.8 Å². The number of hydrogen-bond acceptors (Lipinski definition) is 5. The third-order valence-electron chi connectivity index (χ3n) is 4.38. The van der Waals surface area contributed by atoms with Crippen molar-refractivity contribution in [2.45, 2.75) is 6.18 Å². The summed E-state index contributed by atoms with van der Waals surface area (Å²) in [6.07, 6.45) is -3.59. The van der Waals surface area contributed by atoms with Gasteiger partial charge in [-0.25, -0.2) is 9.07 Å². The molecule has 0 aliphatic rings. The quantitative estimate of drug-likeness (QED) is 0.331. The van der Waals surface area contributed by atoms with Crippen LogP contribution in [0.15, 0.2) is 42.6 Å². The Kier molecular flexibility index (Phi) is 8.54. The molecule has 34 heavy (non-hydrogen) atoms. The summed E-state index contributed by atoms with van der Waals surface area (Å²) in [6.45, 7) is 0.409. The molecule has 0 bridgehead atoms. The van der Waals surface area contributed by atoms with Gasteiger partial charge in [0.25, 0.3) is 5.91 Å². The van der Waals surface area contributed by atoms with Crippen molar-refractivity contribution in [2.24, 2.45) is 11.7 Å². The molecule has 6 N–H and O–H groups in total. The number of carbonyl (C=O) groups excluding carboxylic acids is 3. The van der Waals surface area contributed by atoms with Gasteiger partial charge < -0.3 is 26.7 Å². The Bertz CT molecular complexity index is 1190.